The Hall–Kier alpha value is -3.78. The van der Waals surface area contributed by atoms with Gasteiger partial charge in [0.15, 0.2) is 11.5 Å². The number of carbonyl (C=O) groups excluding carboxylic acids is 2. The van der Waals surface area contributed by atoms with Gasteiger partial charge in [0.05, 0.1) is 31.9 Å². The molecule has 31 heavy (non-hydrogen) atoms. The van der Waals surface area contributed by atoms with E-state index < -0.39 is 5.91 Å². The number of ether oxygens (including phenoxy) is 3. The molecule has 0 aliphatic heterocycles. The normalized spacial score (nSPS) is 10.9. The minimum atomic E-state index is -0.496. The number of para-hydroxylation sites is 2. The maximum Gasteiger partial charge on any atom is 0.272 e. The summed E-state index contributed by atoms with van der Waals surface area (Å²) >= 11 is 1.28. The van der Waals surface area contributed by atoms with Crippen LogP contribution < -0.4 is 24.8 Å². The first kappa shape index (κ1) is 21.9. The summed E-state index contributed by atoms with van der Waals surface area (Å²) < 4.78 is 15.9. The standard InChI is InChI=1S/C23H22N2O5S/c1-28-18-8-5-4-7-16(18)24-22(26)17(25-23(27)21-9-6-12-31-21)13-15-10-11-19(29-2)20(14-15)30-3/h4-14H,1-3H3,(H,24,26)(H,25,27)/b17-13-. The predicted molar refractivity (Wildman–Crippen MR) is 121 cm³/mol. The Balaban J connectivity index is 1.95. The molecule has 7 nitrogen and oxygen atoms in total. The molecule has 2 aromatic carbocycles. The Bertz CT molecular complexity index is 1090. The van der Waals surface area contributed by atoms with Crippen LogP contribution in [0.4, 0.5) is 5.69 Å². The molecular formula is C23H22N2O5S. The molecule has 0 saturated heterocycles. The third-order valence-corrected chi connectivity index (χ3v) is 5.18. The summed E-state index contributed by atoms with van der Waals surface area (Å²) in [6.07, 6.45) is 1.57. The van der Waals surface area contributed by atoms with Gasteiger partial charge in [0.1, 0.15) is 11.4 Å². The smallest absolute Gasteiger partial charge is 0.272 e. The van der Waals surface area contributed by atoms with Crippen LogP contribution >= 0.6 is 11.3 Å². The number of benzene rings is 2. The summed E-state index contributed by atoms with van der Waals surface area (Å²) in [6, 6.07) is 15.7. The van der Waals surface area contributed by atoms with Gasteiger partial charge in [0.2, 0.25) is 0 Å². The molecule has 0 aliphatic carbocycles. The topological polar surface area (TPSA) is 85.9 Å². The molecule has 8 heteroatoms. The molecule has 3 rings (SSSR count). The van der Waals surface area contributed by atoms with E-state index >= 15 is 0 Å². The molecule has 2 amide bonds. The van der Waals surface area contributed by atoms with Gasteiger partial charge in [0, 0.05) is 0 Å². The molecule has 1 aromatic heterocycles. The fourth-order valence-corrected chi connectivity index (χ4v) is 3.42. The van der Waals surface area contributed by atoms with Gasteiger partial charge in [-0.15, -0.1) is 11.3 Å². The van der Waals surface area contributed by atoms with Crippen LogP contribution in [0.25, 0.3) is 6.08 Å². The molecule has 0 unspecified atom stereocenters. The zero-order valence-electron chi connectivity index (χ0n) is 17.3. The monoisotopic (exact) mass is 438 g/mol. The molecule has 0 bridgehead atoms. The summed E-state index contributed by atoms with van der Waals surface area (Å²) in [6.45, 7) is 0. The lowest BCUT2D eigenvalue weighted by Gasteiger charge is -2.13. The molecule has 0 atom stereocenters. The number of rotatable bonds is 8. The fraction of sp³-hybridized carbons (Fsp3) is 0.130. The third kappa shape index (κ3) is 5.43. The van der Waals surface area contributed by atoms with Crippen LogP contribution in [0.5, 0.6) is 17.2 Å². The Labute approximate surface area is 184 Å². The molecule has 2 N–H and O–H groups in total. The number of anilines is 1. The highest BCUT2D eigenvalue weighted by Gasteiger charge is 2.17. The van der Waals surface area contributed by atoms with Gasteiger partial charge in [-0.3, -0.25) is 9.59 Å². The van der Waals surface area contributed by atoms with E-state index in [0.29, 0.717) is 33.4 Å². The molecule has 3 aromatic rings. The van der Waals surface area contributed by atoms with E-state index in [1.165, 1.54) is 25.6 Å². The number of nitrogens with one attached hydrogen (secondary N) is 2. The number of amides is 2. The van der Waals surface area contributed by atoms with Gasteiger partial charge >= 0.3 is 0 Å². The molecule has 1 heterocycles. The molecule has 0 saturated carbocycles. The second-order valence-corrected chi connectivity index (χ2v) is 7.21. The Morgan fingerprint density at radius 3 is 2.29 bits per heavy atom. The van der Waals surface area contributed by atoms with Crippen LogP contribution in [0.15, 0.2) is 65.7 Å². The SMILES string of the molecule is COc1ccccc1NC(=O)/C(=C/c1ccc(OC)c(OC)c1)NC(=O)c1cccs1. The average molecular weight is 439 g/mol. The third-order valence-electron chi connectivity index (χ3n) is 4.31. The van der Waals surface area contributed by atoms with Crippen LogP contribution in [0.1, 0.15) is 15.2 Å². The lowest BCUT2D eigenvalue weighted by Crippen LogP contribution is -2.30. The van der Waals surface area contributed by atoms with Gasteiger partial charge in [-0.1, -0.05) is 24.3 Å². The van der Waals surface area contributed by atoms with E-state index in [4.69, 9.17) is 14.2 Å². The van der Waals surface area contributed by atoms with E-state index in [1.807, 2.05) is 0 Å². The van der Waals surface area contributed by atoms with Crippen molar-refractivity contribution in [2.24, 2.45) is 0 Å². The zero-order chi connectivity index (χ0) is 22.2. The van der Waals surface area contributed by atoms with Crippen molar-refractivity contribution >= 4 is 34.9 Å². The lowest BCUT2D eigenvalue weighted by molar-refractivity contribution is -0.113. The van der Waals surface area contributed by atoms with Crippen molar-refractivity contribution in [1.82, 2.24) is 5.32 Å². The molecular weight excluding hydrogens is 416 g/mol. The first-order chi connectivity index (χ1) is 15.0. The molecule has 160 valence electrons. The molecule has 0 aliphatic rings. The van der Waals surface area contributed by atoms with Crippen LogP contribution in [-0.4, -0.2) is 33.1 Å². The number of hydrogen-bond donors (Lipinski definition) is 2. The lowest BCUT2D eigenvalue weighted by atomic mass is 10.1. The van der Waals surface area contributed by atoms with Gasteiger partial charge in [-0.2, -0.15) is 0 Å². The van der Waals surface area contributed by atoms with Gasteiger partial charge in [0.25, 0.3) is 11.8 Å². The van der Waals surface area contributed by atoms with Crippen molar-refractivity contribution in [3.8, 4) is 17.2 Å². The van der Waals surface area contributed by atoms with Crippen molar-refractivity contribution in [2.45, 2.75) is 0 Å². The van der Waals surface area contributed by atoms with Crippen LogP contribution in [-0.2, 0) is 4.79 Å². The largest absolute Gasteiger partial charge is 0.495 e. The summed E-state index contributed by atoms with van der Waals surface area (Å²) in [5.74, 6) is 0.694. The minimum Gasteiger partial charge on any atom is -0.495 e. The fourth-order valence-electron chi connectivity index (χ4n) is 2.80. The van der Waals surface area contributed by atoms with E-state index in [2.05, 4.69) is 10.6 Å². The van der Waals surface area contributed by atoms with Crippen molar-refractivity contribution in [2.75, 3.05) is 26.6 Å². The Kier molecular flexibility index (Phi) is 7.29. The average Bonchev–Trinajstić information content (AvgIpc) is 3.34. The van der Waals surface area contributed by atoms with Crippen molar-refractivity contribution in [1.29, 1.82) is 0 Å². The van der Waals surface area contributed by atoms with Crippen molar-refractivity contribution in [3.05, 3.63) is 76.1 Å². The highest BCUT2D eigenvalue weighted by atomic mass is 32.1. The first-order valence-corrected chi connectivity index (χ1v) is 10.2. The number of hydrogen-bond acceptors (Lipinski definition) is 6. The second-order valence-electron chi connectivity index (χ2n) is 6.26. The second kappa shape index (κ2) is 10.3. The van der Waals surface area contributed by atoms with Gasteiger partial charge in [-0.05, 0) is 47.4 Å². The first-order valence-electron chi connectivity index (χ1n) is 9.28. The Morgan fingerprint density at radius 2 is 1.61 bits per heavy atom. The Morgan fingerprint density at radius 1 is 0.871 bits per heavy atom. The van der Waals surface area contributed by atoms with E-state index in [9.17, 15) is 9.59 Å². The zero-order valence-corrected chi connectivity index (χ0v) is 18.1. The van der Waals surface area contributed by atoms with Crippen LogP contribution in [0, 0.1) is 0 Å². The van der Waals surface area contributed by atoms with E-state index in [-0.39, 0.29) is 11.6 Å². The summed E-state index contributed by atoms with van der Waals surface area (Å²) in [5, 5.41) is 7.28. The maximum absolute atomic E-state index is 13.1. The maximum atomic E-state index is 13.1. The predicted octanol–water partition coefficient (Wildman–Crippen LogP) is 4.18. The summed E-state index contributed by atoms with van der Waals surface area (Å²) in [5.41, 5.74) is 1.20. The van der Waals surface area contributed by atoms with Gasteiger partial charge < -0.3 is 24.8 Å². The van der Waals surface area contributed by atoms with E-state index in [0.717, 1.165) is 0 Å². The summed E-state index contributed by atoms with van der Waals surface area (Å²) in [7, 11) is 4.59. The van der Waals surface area contributed by atoms with Gasteiger partial charge in [-0.25, -0.2) is 0 Å². The minimum absolute atomic E-state index is 0.0662. The van der Waals surface area contributed by atoms with Crippen LogP contribution in [0.3, 0.4) is 0 Å². The highest BCUT2D eigenvalue weighted by Crippen LogP contribution is 2.29. The quantitative estimate of drug-likeness (QED) is 0.515. The number of thiophene rings is 1. The number of carbonyl (C=O) groups is 2. The molecule has 0 fully saturated rings. The van der Waals surface area contributed by atoms with Crippen molar-refractivity contribution in [3.63, 3.8) is 0 Å². The van der Waals surface area contributed by atoms with E-state index in [1.54, 1.807) is 73.2 Å². The highest BCUT2D eigenvalue weighted by molar-refractivity contribution is 7.12. The summed E-state index contributed by atoms with van der Waals surface area (Å²) in [4.78, 5) is 26.2. The van der Waals surface area contributed by atoms with Crippen molar-refractivity contribution < 1.29 is 23.8 Å². The molecule has 0 spiro atoms. The van der Waals surface area contributed by atoms with Crippen LogP contribution in [0.2, 0.25) is 0 Å². The number of methoxy groups -OCH3 is 3. The molecule has 0 radical (unpaired) electrons.